The van der Waals surface area contributed by atoms with Crippen molar-refractivity contribution >= 4 is 12.1 Å². The maximum absolute atomic E-state index is 10.5. The predicted molar refractivity (Wildman–Crippen MR) is 39.9 cm³/mol. The second kappa shape index (κ2) is 3.25. The minimum atomic E-state index is -1.19. The number of hydrogen-bond acceptors (Lipinski definition) is 2. The summed E-state index contributed by atoms with van der Waals surface area (Å²) in [4.78, 5) is 21.9. The fourth-order valence-electron chi connectivity index (χ4n) is 1.11. The highest BCUT2D eigenvalue weighted by molar-refractivity contribution is 5.79. The third-order valence-corrected chi connectivity index (χ3v) is 1.74. The molecule has 1 unspecified atom stereocenters. The largest absolute Gasteiger partial charge is 0.480 e. The van der Waals surface area contributed by atoms with Crippen LogP contribution in [0.4, 0.5) is 4.79 Å². The predicted octanol–water partition coefficient (Wildman–Crippen LogP) is 0.379. The van der Waals surface area contributed by atoms with Crippen LogP contribution < -0.4 is 0 Å². The maximum atomic E-state index is 10.5. The van der Waals surface area contributed by atoms with E-state index in [1.807, 2.05) is 0 Å². The lowest BCUT2D eigenvalue weighted by atomic mass is 10.1. The summed E-state index contributed by atoms with van der Waals surface area (Å²) in [5.41, 5.74) is 0. The van der Waals surface area contributed by atoms with Gasteiger partial charge in [0.25, 0.3) is 0 Å². The molecular weight excluding hydrogens is 162 g/mol. The van der Waals surface area contributed by atoms with Crippen molar-refractivity contribution in [2.75, 3.05) is 6.54 Å². The first-order valence-electron chi connectivity index (χ1n) is 3.50. The van der Waals surface area contributed by atoms with E-state index in [1.54, 1.807) is 12.2 Å². The molecule has 1 amide bonds. The second-order valence-electron chi connectivity index (χ2n) is 2.50. The number of amides is 1. The molecular formula is C7H9NO4. The van der Waals surface area contributed by atoms with Gasteiger partial charge in [0.05, 0.1) is 0 Å². The van der Waals surface area contributed by atoms with E-state index in [0.717, 1.165) is 4.90 Å². The Kier molecular flexibility index (Phi) is 2.32. The Hall–Kier alpha value is -1.52. The zero-order valence-corrected chi connectivity index (χ0v) is 6.30. The van der Waals surface area contributed by atoms with Crippen LogP contribution in [0.1, 0.15) is 6.42 Å². The van der Waals surface area contributed by atoms with Crippen molar-refractivity contribution in [2.24, 2.45) is 0 Å². The lowest BCUT2D eigenvalue weighted by Crippen LogP contribution is -2.45. The van der Waals surface area contributed by atoms with E-state index < -0.39 is 18.1 Å². The van der Waals surface area contributed by atoms with E-state index in [-0.39, 0.29) is 13.0 Å². The average molecular weight is 171 g/mol. The van der Waals surface area contributed by atoms with Crippen LogP contribution in [0.5, 0.6) is 0 Å². The molecule has 0 spiro atoms. The van der Waals surface area contributed by atoms with Crippen LogP contribution in [0.2, 0.25) is 0 Å². The fraction of sp³-hybridized carbons (Fsp3) is 0.429. The number of hydrogen-bond donors (Lipinski definition) is 2. The normalized spacial score (nSPS) is 22.3. The minimum Gasteiger partial charge on any atom is -0.480 e. The van der Waals surface area contributed by atoms with E-state index in [1.165, 1.54) is 0 Å². The third kappa shape index (κ3) is 1.55. The van der Waals surface area contributed by atoms with Crippen LogP contribution in [0, 0.1) is 0 Å². The molecule has 5 heteroatoms. The van der Waals surface area contributed by atoms with E-state index in [4.69, 9.17) is 10.2 Å². The van der Waals surface area contributed by atoms with Gasteiger partial charge in [-0.15, -0.1) is 0 Å². The summed E-state index contributed by atoms with van der Waals surface area (Å²) in [6.45, 7) is 0.159. The number of aliphatic carboxylic acids is 1. The molecule has 0 saturated heterocycles. The molecule has 0 aliphatic carbocycles. The van der Waals surface area contributed by atoms with E-state index in [2.05, 4.69) is 0 Å². The quantitative estimate of drug-likeness (QED) is 0.559. The van der Waals surface area contributed by atoms with Crippen molar-refractivity contribution < 1.29 is 19.8 Å². The van der Waals surface area contributed by atoms with Gasteiger partial charge in [0, 0.05) is 6.54 Å². The summed E-state index contributed by atoms with van der Waals surface area (Å²) in [6.07, 6.45) is 2.39. The Labute approximate surface area is 68.9 Å². The highest BCUT2D eigenvalue weighted by Gasteiger charge is 2.29. The molecule has 1 aliphatic heterocycles. The molecule has 0 saturated carbocycles. The monoisotopic (exact) mass is 171 g/mol. The smallest absolute Gasteiger partial charge is 0.408 e. The first-order valence-corrected chi connectivity index (χ1v) is 3.50. The lowest BCUT2D eigenvalue weighted by Gasteiger charge is -2.26. The molecule has 0 radical (unpaired) electrons. The van der Waals surface area contributed by atoms with Crippen molar-refractivity contribution in [3.63, 3.8) is 0 Å². The topological polar surface area (TPSA) is 77.8 Å². The molecule has 1 atom stereocenters. The van der Waals surface area contributed by atoms with Crippen LogP contribution in [0.3, 0.4) is 0 Å². The SMILES string of the molecule is O=C(O)C1CC=CCN1C(=O)O. The van der Waals surface area contributed by atoms with Crippen molar-refractivity contribution in [3.05, 3.63) is 12.2 Å². The third-order valence-electron chi connectivity index (χ3n) is 1.74. The summed E-state index contributed by atoms with van der Waals surface area (Å²) in [7, 11) is 0. The summed E-state index contributed by atoms with van der Waals surface area (Å²) in [6, 6.07) is -0.924. The zero-order chi connectivity index (χ0) is 9.14. The van der Waals surface area contributed by atoms with Crippen LogP contribution in [0.25, 0.3) is 0 Å². The van der Waals surface area contributed by atoms with Crippen LogP contribution in [0.15, 0.2) is 12.2 Å². The molecule has 2 N–H and O–H groups in total. The van der Waals surface area contributed by atoms with Crippen LogP contribution in [-0.2, 0) is 4.79 Å². The van der Waals surface area contributed by atoms with Gasteiger partial charge in [0.15, 0.2) is 0 Å². The van der Waals surface area contributed by atoms with Gasteiger partial charge in [-0.1, -0.05) is 12.2 Å². The Morgan fingerprint density at radius 2 is 2.00 bits per heavy atom. The van der Waals surface area contributed by atoms with Crippen LogP contribution in [-0.4, -0.2) is 39.8 Å². The highest BCUT2D eigenvalue weighted by Crippen LogP contribution is 2.11. The number of carbonyl (C=O) groups is 2. The second-order valence-corrected chi connectivity index (χ2v) is 2.50. The molecule has 1 aliphatic rings. The fourth-order valence-corrected chi connectivity index (χ4v) is 1.11. The minimum absolute atomic E-state index is 0.159. The van der Waals surface area contributed by atoms with Gasteiger partial charge >= 0.3 is 12.1 Å². The standard InChI is InChI=1S/C7H9NO4/c9-6(10)5-3-1-2-4-8(5)7(11)12/h1-2,5H,3-4H2,(H,9,10)(H,11,12). The highest BCUT2D eigenvalue weighted by atomic mass is 16.4. The maximum Gasteiger partial charge on any atom is 0.408 e. The van der Waals surface area contributed by atoms with Gasteiger partial charge in [-0.3, -0.25) is 4.90 Å². The van der Waals surface area contributed by atoms with Crippen LogP contribution >= 0.6 is 0 Å². The Morgan fingerprint density at radius 1 is 1.33 bits per heavy atom. The molecule has 0 aromatic rings. The average Bonchev–Trinajstić information content (AvgIpc) is 2.04. The number of nitrogens with zero attached hydrogens (tertiary/aromatic N) is 1. The molecule has 0 aromatic carbocycles. The Bertz CT molecular complexity index is 212. The van der Waals surface area contributed by atoms with E-state index in [9.17, 15) is 9.59 Å². The zero-order valence-electron chi connectivity index (χ0n) is 6.30. The first-order chi connectivity index (χ1) is 5.63. The Morgan fingerprint density at radius 3 is 2.42 bits per heavy atom. The molecule has 1 rings (SSSR count). The van der Waals surface area contributed by atoms with Gasteiger partial charge in [-0.25, -0.2) is 9.59 Å². The van der Waals surface area contributed by atoms with Crippen molar-refractivity contribution in [1.29, 1.82) is 0 Å². The van der Waals surface area contributed by atoms with Crippen molar-refractivity contribution in [2.45, 2.75) is 12.5 Å². The molecule has 5 nitrogen and oxygen atoms in total. The summed E-state index contributed by atoms with van der Waals surface area (Å²) in [5, 5.41) is 17.2. The number of carboxylic acids is 1. The molecule has 0 aromatic heterocycles. The van der Waals surface area contributed by atoms with Gasteiger partial charge in [0.1, 0.15) is 6.04 Å². The molecule has 0 fully saturated rings. The summed E-state index contributed by atoms with van der Waals surface area (Å²) in [5.74, 6) is -1.10. The first kappa shape index (κ1) is 8.58. The van der Waals surface area contributed by atoms with E-state index >= 15 is 0 Å². The molecule has 66 valence electrons. The molecule has 0 bridgehead atoms. The van der Waals surface area contributed by atoms with Gasteiger partial charge in [-0.2, -0.15) is 0 Å². The summed E-state index contributed by atoms with van der Waals surface area (Å²) < 4.78 is 0. The molecule has 1 heterocycles. The lowest BCUT2D eigenvalue weighted by molar-refractivity contribution is -0.142. The van der Waals surface area contributed by atoms with Crippen molar-refractivity contribution in [3.8, 4) is 0 Å². The number of carboxylic acid groups (broad SMARTS) is 2. The van der Waals surface area contributed by atoms with Gasteiger partial charge in [0.2, 0.25) is 0 Å². The van der Waals surface area contributed by atoms with Crippen molar-refractivity contribution in [1.82, 2.24) is 4.90 Å². The molecule has 12 heavy (non-hydrogen) atoms. The van der Waals surface area contributed by atoms with Gasteiger partial charge < -0.3 is 10.2 Å². The van der Waals surface area contributed by atoms with Gasteiger partial charge in [-0.05, 0) is 6.42 Å². The van der Waals surface area contributed by atoms with E-state index in [0.29, 0.717) is 0 Å². The summed E-state index contributed by atoms with van der Waals surface area (Å²) >= 11 is 0. The number of rotatable bonds is 1. The Balaban J connectivity index is 2.76.